The summed E-state index contributed by atoms with van der Waals surface area (Å²) < 4.78 is 7.74. The van der Waals surface area contributed by atoms with Crippen molar-refractivity contribution in [3.05, 3.63) is 42.6 Å². The molecule has 0 atom stereocenters. The Morgan fingerprint density at radius 2 is 2.00 bits per heavy atom. The first-order chi connectivity index (χ1) is 8.93. The number of ether oxygens (including phenoxy) is 1. The van der Waals surface area contributed by atoms with Crippen molar-refractivity contribution >= 4 is 5.82 Å². The third-order valence-electron chi connectivity index (χ3n) is 3.18. The number of anilines is 1. The van der Waals surface area contributed by atoms with E-state index in [-0.39, 0.29) is 0 Å². The normalized spacial score (nSPS) is 13.7. The van der Waals surface area contributed by atoms with Gasteiger partial charge in [0.15, 0.2) is 0 Å². The van der Waals surface area contributed by atoms with Gasteiger partial charge in [0.25, 0.3) is 0 Å². The summed E-state index contributed by atoms with van der Waals surface area (Å²) in [7, 11) is 0. The monoisotopic (exact) mass is 243 g/mol. The summed E-state index contributed by atoms with van der Waals surface area (Å²) >= 11 is 0. The Hall–Kier alpha value is -1.97. The first kappa shape index (κ1) is 11.1. The van der Waals surface area contributed by atoms with Gasteiger partial charge in [-0.15, -0.1) is 0 Å². The summed E-state index contributed by atoms with van der Waals surface area (Å²) in [5.74, 6) is 2.18. The summed E-state index contributed by atoms with van der Waals surface area (Å²) in [5, 5.41) is 4.27. The Kier molecular flexibility index (Phi) is 3.17. The number of hydrogen-bond donors (Lipinski definition) is 0. The summed E-state index contributed by atoms with van der Waals surface area (Å²) in [4.78, 5) is 2.36. The van der Waals surface area contributed by atoms with Crippen molar-refractivity contribution in [1.29, 1.82) is 0 Å². The molecule has 0 fully saturated rings. The standard InChI is InChI=1S/C14H17N3O/c1-2-5-13(6-3-1)18-12-4-9-16-10-11-17-14(16)7-8-15-17/h1-3,5-8H,4,9-12H2. The molecule has 1 aliphatic heterocycles. The quantitative estimate of drug-likeness (QED) is 0.754. The topological polar surface area (TPSA) is 30.3 Å². The number of para-hydroxylation sites is 1. The van der Waals surface area contributed by atoms with Crippen LogP contribution in [0.2, 0.25) is 0 Å². The first-order valence-corrected chi connectivity index (χ1v) is 6.38. The van der Waals surface area contributed by atoms with Gasteiger partial charge in [0, 0.05) is 19.2 Å². The molecule has 1 aliphatic rings. The molecule has 18 heavy (non-hydrogen) atoms. The lowest BCUT2D eigenvalue weighted by Crippen LogP contribution is -2.23. The minimum Gasteiger partial charge on any atom is -0.494 e. The molecule has 0 radical (unpaired) electrons. The largest absolute Gasteiger partial charge is 0.494 e. The summed E-state index contributed by atoms with van der Waals surface area (Å²) in [6, 6.07) is 12.0. The lowest BCUT2D eigenvalue weighted by atomic mass is 10.3. The van der Waals surface area contributed by atoms with Gasteiger partial charge in [0.05, 0.1) is 19.3 Å². The van der Waals surface area contributed by atoms with Crippen molar-refractivity contribution in [3.8, 4) is 5.75 Å². The van der Waals surface area contributed by atoms with Crippen LogP contribution in [-0.2, 0) is 6.54 Å². The highest BCUT2D eigenvalue weighted by Crippen LogP contribution is 2.19. The molecule has 0 bridgehead atoms. The van der Waals surface area contributed by atoms with Crippen molar-refractivity contribution in [3.63, 3.8) is 0 Å². The molecular weight excluding hydrogens is 226 g/mol. The highest BCUT2D eigenvalue weighted by Gasteiger charge is 2.18. The molecule has 0 aliphatic carbocycles. The maximum Gasteiger partial charge on any atom is 0.126 e. The van der Waals surface area contributed by atoms with Crippen LogP contribution in [-0.4, -0.2) is 29.5 Å². The molecule has 0 N–H and O–H groups in total. The number of rotatable bonds is 5. The van der Waals surface area contributed by atoms with E-state index >= 15 is 0 Å². The van der Waals surface area contributed by atoms with E-state index in [0.717, 1.165) is 38.4 Å². The van der Waals surface area contributed by atoms with Gasteiger partial charge in [0.1, 0.15) is 11.6 Å². The third kappa shape index (κ3) is 2.32. The molecule has 0 spiro atoms. The molecular formula is C14H17N3O. The number of benzene rings is 1. The molecule has 2 aromatic rings. The van der Waals surface area contributed by atoms with E-state index in [1.807, 2.05) is 36.5 Å². The van der Waals surface area contributed by atoms with Gasteiger partial charge in [-0.25, -0.2) is 4.68 Å². The third-order valence-corrected chi connectivity index (χ3v) is 3.18. The molecule has 4 heteroatoms. The second kappa shape index (κ2) is 5.12. The Bertz CT molecular complexity index is 495. The zero-order valence-corrected chi connectivity index (χ0v) is 10.3. The summed E-state index contributed by atoms with van der Waals surface area (Å²) in [5.41, 5.74) is 0. The van der Waals surface area contributed by atoms with Gasteiger partial charge in [-0.3, -0.25) is 0 Å². The molecule has 2 heterocycles. The van der Waals surface area contributed by atoms with Crippen molar-refractivity contribution in [2.24, 2.45) is 0 Å². The average Bonchev–Trinajstić information content (AvgIpc) is 3.00. The molecule has 1 aromatic heterocycles. The SMILES string of the molecule is c1ccc(OCCCN2CCn3nccc32)cc1. The highest BCUT2D eigenvalue weighted by molar-refractivity contribution is 5.41. The van der Waals surface area contributed by atoms with Gasteiger partial charge in [-0.2, -0.15) is 5.10 Å². The van der Waals surface area contributed by atoms with Crippen molar-refractivity contribution in [1.82, 2.24) is 9.78 Å². The van der Waals surface area contributed by atoms with Gasteiger partial charge < -0.3 is 9.64 Å². The second-order valence-electron chi connectivity index (χ2n) is 4.41. The highest BCUT2D eigenvalue weighted by atomic mass is 16.5. The van der Waals surface area contributed by atoms with Crippen LogP contribution in [0.3, 0.4) is 0 Å². The molecule has 0 unspecified atom stereocenters. The first-order valence-electron chi connectivity index (χ1n) is 6.38. The van der Waals surface area contributed by atoms with Gasteiger partial charge in [0.2, 0.25) is 0 Å². The molecule has 1 aromatic carbocycles. The Morgan fingerprint density at radius 3 is 2.89 bits per heavy atom. The van der Waals surface area contributed by atoms with Crippen LogP contribution in [0, 0.1) is 0 Å². The number of fused-ring (bicyclic) bond motifs is 1. The predicted octanol–water partition coefficient (Wildman–Crippen LogP) is 2.17. The molecule has 0 amide bonds. The van der Waals surface area contributed by atoms with E-state index in [4.69, 9.17) is 4.74 Å². The fraction of sp³-hybridized carbons (Fsp3) is 0.357. The van der Waals surface area contributed by atoms with Crippen LogP contribution in [0.4, 0.5) is 5.82 Å². The summed E-state index contributed by atoms with van der Waals surface area (Å²) in [6.07, 6.45) is 2.89. The smallest absolute Gasteiger partial charge is 0.126 e. The number of nitrogens with zero attached hydrogens (tertiary/aromatic N) is 3. The molecule has 94 valence electrons. The van der Waals surface area contributed by atoms with Crippen LogP contribution < -0.4 is 9.64 Å². The van der Waals surface area contributed by atoms with E-state index < -0.39 is 0 Å². The van der Waals surface area contributed by atoms with Crippen LogP contribution in [0.15, 0.2) is 42.6 Å². The molecule has 4 nitrogen and oxygen atoms in total. The Balaban J connectivity index is 1.44. The lowest BCUT2D eigenvalue weighted by Gasteiger charge is -2.16. The van der Waals surface area contributed by atoms with Crippen molar-refractivity contribution < 1.29 is 4.74 Å². The van der Waals surface area contributed by atoms with E-state index in [0.29, 0.717) is 0 Å². The minimum atomic E-state index is 0.759. The van der Waals surface area contributed by atoms with E-state index in [1.54, 1.807) is 0 Å². The lowest BCUT2D eigenvalue weighted by molar-refractivity contribution is 0.312. The Labute approximate surface area is 107 Å². The zero-order valence-electron chi connectivity index (χ0n) is 10.3. The van der Waals surface area contributed by atoms with Gasteiger partial charge in [-0.1, -0.05) is 18.2 Å². The second-order valence-corrected chi connectivity index (χ2v) is 4.41. The number of aromatic nitrogens is 2. The van der Waals surface area contributed by atoms with Gasteiger partial charge >= 0.3 is 0 Å². The zero-order chi connectivity index (χ0) is 12.2. The fourth-order valence-corrected chi connectivity index (χ4v) is 2.29. The summed E-state index contributed by atoms with van der Waals surface area (Å²) in [6.45, 7) is 3.85. The predicted molar refractivity (Wildman–Crippen MR) is 71.0 cm³/mol. The molecule has 0 saturated carbocycles. The average molecular weight is 243 g/mol. The van der Waals surface area contributed by atoms with Crippen LogP contribution >= 0.6 is 0 Å². The fourth-order valence-electron chi connectivity index (χ4n) is 2.29. The van der Waals surface area contributed by atoms with Crippen molar-refractivity contribution in [2.75, 3.05) is 24.6 Å². The minimum absolute atomic E-state index is 0.759. The van der Waals surface area contributed by atoms with Crippen LogP contribution in [0.25, 0.3) is 0 Å². The van der Waals surface area contributed by atoms with Crippen LogP contribution in [0.5, 0.6) is 5.75 Å². The molecule has 3 rings (SSSR count). The molecule has 0 saturated heterocycles. The maximum atomic E-state index is 5.69. The van der Waals surface area contributed by atoms with Crippen molar-refractivity contribution in [2.45, 2.75) is 13.0 Å². The van der Waals surface area contributed by atoms with Gasteiger partial charge in [-0.05, 0) is 18.6 Å². The van der Waals surface area contributed by atoms with E-state index in [9.17, 15) is 0 Å². The van der Waals surface area contributed by atoms with E-state index in [1.165, 1.54) is 5.82 Å². The maximum absolute atomic E-state index is 5.69. The number of hydrogen-bond acceptors (Lipinski definition) is 3. The Morgan fingerprint density at radius 1 is 1.11 bits per heavy atom. The van der Waals surface area contributed by atoms with Crippen LogP contribution in [0.1, 0.15) is 6.42 Å². The van der Waals surface area contributed by atoms with E-state index in [2.05, 4.69) is 20.7 Å².